The number of carbonyl (C=O) groups excluding carboxylic acids is 1. The summed E-state index contributed by atoms with van der Waals surface area (Å²) in [6.07, 6.45) is -2.40. The van der Waals surface area contributed by atoms with Crippen molar-refractivity contribution >= 4 is 17.7 Å². The fourth-order valence-corrected chi connectivity index (χ4v) is 2.99. The van der Waals surface area contributed by atoms with Gasteiger partial charge in [0.2, 0.25) is 11.9 Å². The van der Waals surface area contributed by atoms with Gasteiger partial charge in [-0.05, 0) is 31.9 Å². The maximum absolute atomic E-state index is 12.6. The summed E-state index contributed by atoms with van der Waals surface area (Å²) in [6.45, 7) is 2.86. The van der Waals surface area contributed by atoms with Crippen LogP contribution in [0.4, 0.5) is 24.9 Å². The topological polar surface area (TPSA) is 113 Å². The second-order valence-electron chi connectivity index (χ2n) is 6.47. The van der Waals surface area contributed by atoms with Crippen molar-refractivity contribution in [2.75, 3.05) is 23.7 Å². The van der Waals surface area contributed by atoms with E-state index in [0.29, 0.717) is 37.6 Å². The Morgan fingerprint density at radius 3 is 2.59 bits per heavy atom. The number of nitrogens with zero attached hydrogens (tertiary/aromatic N) is 4. The molecule has 0 unspecified atom stereocenters. The average molecular weight is 383 g/mol. The normalized spacial score (nSPS) is 17.0. The van der Waals surface area contributed by atoms with Crippen LogP contribution < -0.4 is 16.0 Å². The van der Waals surface area contributed by atoms with E-state index in [9.17, 15) is 18.0 Å². The molecule has 0 spiro atoms. The van der Waals surface area contributed by atoms with Crippen molar-refractivity contribution in [1.82, 2.24) is 25.5 Å². The monoisotopic (exact) mass is 383 g/mol. The van der Waals surface area contributed by atoms with Gasteiger partial charge in [0, 0.05) is 25.2 Å². The number of aromatic nitrogens is 4. The lowest BCUT2D eigenvalue weighted by atomic mass is 9.95. The zero-order valence-corrected chi connectivity index (χ0v) is 14.6. The van der Waals surface area contributed by atoms with Crippen LogP contribution in [0.1, 0.15) is 37.2 Å². The van der Waals surface area contributed by atoms with E-state index in [1.807, 2.05) is 4.90 Å². The number of pyridine rings is 1. The van der Waals surface area contributed by atoms with Crippen LogP contribution in [-0.4, -0.2) is 39.2 Å². The fraction of sp³-hybridized carbons (Fsp3) is 0.500. The van der Waals surface area contributed by atoms with Crippen LogP contribution in [0.15, 0.2) is 18.3 Å². The highest BCUT2D eigenvalue weighted by atomic mass is 19.4. The van der Waals surface area contributed by atoms with Crippen LogP contribution in [0, 0.1) is 5.92 Å². The van der Waals surface area contributed by atoms with Gasteiger partial charge in [-0.15, -0.1) is 5.10 Å². The number of amides is 1. The molecule has 2 aromatic rings. The third kappa shape index (κ3) is 4.47. The molecule has 1 saturated heterocycles. The number of piperidine rings is 1. The summed E-state index contributed by atoms with van der Waals surface area (Å²) in [4.78, 5) is 22.2. The maximum Gasteiger partial charge on any atom is 0.417 e. The lowest BCUT2D eigenvalue weighted by molar-refractivity contribution is -0.137. The standard InChI is InChI=1S/C16H20F3N7O/c1-9(13-23-15(20)25-24-13)22-14(27)10-4-6-26(7-5-10)12-3-2-11(8-21-12)16(17,18)19/h2-3,8-10H,4-7H2,1H3,(H,22,27)(H3,20,23,24,25)/t9-/m1/s1. The number of anilines is 2. The largest absolute Gasteiger partial charge is 0.417 e. The van der Waals surface area contributed by atoms with E-state index in [2.05, 4.69) is 25.5 Å². The number of alkyl halides is 3. The number of nitrogens with two attached hydrogens (primary N) is 1. The first-order valence-corrected chi connectivity index (χ1v) is 8.50. The summed E-state index contributed by atoms with van der Waals surface area (Å²) in [5, 5.41) is 9.26. The molecule has 0 radical (unpaired) electrons. The molecule has 0 saturated carbocycles. The van der Waals surface area contributed by atoms with Gasteiger partial charge in [-0.2, -0.15) is 18.2 Å². The molecule has 1 amide bonds. The molecule has 146 valence electrons. The Morgan fingerprint density at radius 1 is 1.37 bits per heavy atom. The van der Waals surface area contributed by atoms with E-state index in [0.717, 1.165) is 12.3 Å². The molecule has 2 aromatic heterocycles. The van der Waals surface area contributed by atoms with Crippen molar-refractivity contribution in [3.63, 3.8) is 0 Å². The van der Waals surface area contributed by atoms with Crippen LogP contribution in [0.5, 0.6) is 0 Å². The molecular weight excluding hydrogens is 363 g/mol. The van der Waals surface area contributed by atoms with Crippen LogP contribution >= 0.6 is 0 Å². The second kappa shape index (κ2) is 7.41. The Hall–Kier alpha value is -2.85. The summed E-state index contributed by atoms with van der Waals surface area (Å²) < 4.78 is 37.8. The number of aromatic amines is 1. The number of carbonyl (C=O) groups is 1. The van der Waals surface area contributed by atoms with Crippen LogP contribution in [0.3, 0.4) is 0 Å². The maximum atomic E-state index is 12.6. The highest BCUT2D eigenvalue weighted by molar-refractivity contribution is 5.79. The Bertz CT molecular complexity index is 782. The molecule has 1 fully saturated rings. The average Bonchev–Trinajstić information content (AvgIpc) is 3.08. The minimum absolute atomic E-state index is 0.0995. The van der Waals surface area contributed by atoms with Gasteiger partial charge in [-0.25, -0.2) is 4.98 Å². The van der Waals surface area contributed by atoms with Gasteiger partial charge >= 0.3 is 6.18 Å². The molecule has 1 atom stereocenters. The number of halogens is 3. The number of nitrogens with one attached hydrogen (secondary N) is 2. The van der Waals surface area contributed by atoms with Crippen LogP contribution in [0.25, 0.3) is 0 Å². The fourth-order valence-electron chi connectivity index (χ4n) is 2.99. The zero-order valence-electron chi connectivity index (χ0n) is 14.6. The van der Waals surface area contributed by atoms with Crippen molar-refractivity contribution in [3.05, 3.63) is 29.7 Å². The van der Waals surface area contributed by atoms with Gasteiger partial charge in [0.05, 0.1) is 11.6 Å². The SMILES string of the molecule is C[C@@H](NC(=O)C1CCN(c2ccc(C(F)(F)F)cn2)CC1)c1nc(N)n[nH]1. The lowest BCUT2D eigenvalue weighted by Gasteiger charge is -2.32. The quantitative estimate of drug-likeness (QED) is 0.743. The van der Waals surface area contributed by atoms with Crippen LogP contribution in [-0.2, 0) is 11.0 Å². The van der Waals surface area contributed by atoms with Gasteiger partial charge < -0.3 is 16.0 Å². The molecule has 8 nitrogen and oxygen atoms in total. The van der Waals surface area contributed by atoms with Crippen molar-refractivity contribution in [2.24, 2.45) is 5.92 Å². The Morgan fingerprint density at radius 2 is 2.07 bits per heavy atom. The first-order valence-electron chi connectivity index (χ1n) is 8.50. The van der Waals surface area contributed by atoms with Crippen LogP contribution in [0.2, 0.25) is 0 Å². The molecule has 1 aliphatic rings. The summed E-state index contributed by atoms with van der Waals surface area (Å²) in [5.74, 6) is 0.791. The third-order valence-electron chi connectivity index (χ3n) is 4.55. The minimum Gasteiger partial charge on any atom is -0.367 e. The molecule has 0 aromatic carbocycles. The van der Waals surface area contributed by atoms with E-state index < -0.39 is 11.7 Å². The molecular formula is C16H20F3N7O. The Labute approximate surface area is 153 Å². The Balaban J connectivity index is 1.53. The van der Waals surface area contributed by atoms with Gasteiger partial charge in [-0.3, -0.25) is 9.89 Å². The van der Waals surface area contributed by atoms with E-state index in [1.54, 1.807) is 6.92 Å². The van der Waals surface area contributed by atoms with Gasteiger partial charge in [0.25, 0.3) is 0 Å². The smallest absolute Gasteiger partial charge is 0.367 e. The minimum atomic E-state index is -4.40. The number of rotatable bonds is 4. The van der Waals surface area contributed by atoms with E-state index >= 15 is 0 Å². The molecule has 11 heteroatoms. The summed E-state index contributed by atoms with van der Waals surface area (Å²) in [6, 6.07) is 2.03. The highest BCUT2D eigenvalue weighted by Gasteiger charge is 2.31. The summed E-state index contributed by atoms with van der Waals surface area (Å²) >= 11 is 0. The van der Waals surface area contributed by atoms with Gasteiger partial charge in [0.15, 0.2) is 0 Å². The van der Waals surface area contributed by atoms with Crippen molar-refractivity contribution in [2.45, 2.75) is 32.0 Å². The molecule has 3 heterocycles. The van der Waals surface area contributed by atoms with Gasteiger partial charge in [0.1, 0.15) is 11.6 Å². The highest BCUT2D eigenvalue weighted by Crippen LogP contribution is 2.30. The van der Waals surface area contributed by atoms with Crippen molar-refractivity contribution < 1.29 is 18.0 Å². The first kappa shape index (κ1) is 18.9. The number of nitrogen functional groups attached to an aromatic ring is 1. The zero-order chi connectivity index (χ0) is 19.6. The number of hydrogen-bond donors (Lipinski definition) is 3. The Kier molecular flexibility index (Phi) is 5.19. The predicted octanol–water partition coefficient (Wildman–Crippen LogP) is 1.89. The van der Waals surface area contributed by atoms with E-state index in [4.69, 9.17) is 5.73 Å². The summed E-state index contributed by atoms with van der Waals surface area (Å²) in [5.41, 5.74) is 4.68. The summed E-state index contributed by atoms with van der Waals surface area (Å²) in [7, 11) is 0. The molecule has 3 rings (SSSR count). The molecule has 0 bridgehead atoms. The molecule has 1 aliphatic heterocycles. The lowest BCUT2D eigenvalue weighted by Crippen LogP contribution is -2.41. The van der Waals surface area contributed by atoms with E-state index in [1.165, 1.54) is 6.07 Å². The molecule has 27 heavy (non-hydrogen) atoms. The van der Waals surface area contributed by atoms with Crippen molar-refractivity contribution in [3.8, 4) is 0 Å². The molecule has 0 aliphatic carbocycles. The predicted molar refractivity (Wildman–Crippen MR) is 91.5 cm³/mol. The van der Waals surface area contributed by atoms with Gasteiger partial charge in [-0.1, -0.05) is 0 Å². The van der Waals surface area contributed by atoms with E-state index in [-0.39, 0.29) is 23.8 Å². The first-order chi connectivity index (χ1) is 12.7. The number of H-pyrrole nitrogens is 1. The van der Waals surface area contributed by atoms with Crippen molar-refractivity contribution in [1.29, 1.82) is 0 Å². The number of hydrogen-bond acceptors (Lipinski definition) is 6. The third-order valence-corrected chi connectivity index (χ3v) is 4.55. The second-order valence-corrected chi connectivity index (χ2v) is 6.47. The molecule has 4 N–H and O–H groups in total.